The molecule has 0 atom stereocenters. The number of fused-ring (bicyclic) bond motifs is 6. The Kier molecular flexibility index (Phi) is 18.6. The van der Waals surface area contributed by atoms with Gasteiger partial charge in [-0.05, 0) is 169 Å². The SMILES string of the molecule is Cc1ccc(-c2ccccc2C(=O)NC2CCN(CCCCC3(C(=O)NCCCNC(=O)C4(CCCCN5CCC(NC(=O)c6ccccc6-c6ccc(C(F)(F)F)cc6)CC5)c5ccccc5-c5ccccc54)c4ccccc4-c4ccccc43)CC2)cc1. The lowest BCUT2D eigenvalue weighted by molar-refractivity contribution is -0.137. The Bertz CT molecular complexity index is 3780. The van der Waals surface area contributed by atoms with E-state index in [0.29, 0.717) is 54.6 Å². The molecule has 4 N–H and O–H groups in total. The molecule has 2 aliphatic heterocycles. The van der Waals surface area contributed by atoms with Gasteiger partial charge in [0.25, 0.3) is 11.8 Å². The summed E-state index contributed by atoms with van der Waals surface area (Å²) >= 11 is 0. The van der Waals surface area contributed by atoms with Crippen LogP contribution in [0.2, 0.25) is 0 Å². The summed E-state index contributed by atoms with van der Waals surface area (Å²) in [5.74, 6) is -0.328. The van der Waals surface area contributed by atoms with Crippen LogP contribution in [-0.2, 0) is 26.6 Å². The zero-order chi connectivity index (χ0) is 62.2. The Hall–Kier alpha value is -8.65. The van der Waals surface area contributed by atoms with Crippen LogP contribution in [-0.4, -0.2) is 97.9 Å². The quantitative estimate of drug-likeness (QED) is 0.0502. The van der Waals surface area contributed by atoms with Crippen molar-refractivity contribution in [2.75, 3.05) is 52.4 Å². The zero-order valence-electron chi connectivity index (χ0n) is 51.2. The fourth-order valence-electron chi connectivity index (χ4n) is 14.7. The lowest BCUT2D eigenvalue weighted by atomic mass is 9.73. The molecule has 0 unspecified atom stereocenters. The van der Waals surface area contributed by atoms with Crippen LogP contribution in [0.4, 0.5) is 13.2 Å². The maximum absolute atomic E-state index is 15.1. The van der Waals surface area contributed by atoms with Crippen molar-refractivity contribution in [3.05, 3.63) is 239 Å². The zero-order valence-corrected chi connectivity index (χ0v) is 51.2. The highest BCUT2D eigenvalue weighted by molar-refractivity contribution is 6.03. The fraction of sp³-hybridized carbons (Fsp3) is 0.325. The third-order valence-electron chi connectivity index (χ3n) is 19.5. The van der Waals surface area contributed by atoms with Crippen molar-refractivity contribution >= 4 is 23.6 Å². The summed E-state index contributed by atoms with van der Waals surface area (Å²) in [4.78, 5) is 62.5. The predicted octanol–water partition coefficient (Wildman–Crippen LogP) is 14.3. The number of likely N-dealkylation sites (tertiary alicyclic amines) is 2. The molecule has 4 aliphatic rings. The Morgan fingerprint density at radius 1 is 0.422 bits per heavy atom. The van der Waals surface area contributed by atoms with Gasteiger partial charge in [-0.2, -0.15) is 13.2 Å². The van der Waals surface area contributed by atoms with Crippen LogP contribution in [0.5, 0.6) is 0 Å². The Morgan fingerprint density at radius 2 is 0.756 bits per heavy atom. The van der Waals surface area contributed by atoms with Gasteiger partial charge in [-0.15, -0.1) is 0 Å². The largest absolute Gasteiger partial charge is 0.416 e. The average Bonchev–Trinajstić information content (AvgIpc) is 1.57. The molecule has 0 bridgehead atoms. The van der Waals surface area contributed by atoms with Gasteiger partial charge in [-0.25, -0.2) is 0 Å². The summed E-state index contributed by atoms with van der Waals surface area (Å²) in [6.45, 7) is 8.00. The lowest BCUT2D eigenvalue weighted by Crippen LogP contribution is -2.47. The second kappa shape index (κ2) is 27.2. The lowest BCUT2D eigenvalue weighted by Gasteiger charge is -2.34. The number of piperidine rings is 2. The standard InChI is InChI=1S/C77H79F3N6O4/c1-53-31-33-54(34-32-53)59-19-2-4-25-65(59)71(87)83-57-39-49-85(50-40-57)47-16-14-43-75(67-27-10-6-21-61(67)62-22-7-11-28-68(62)75)73(89)81-45-18-46-82-74(90)76(69-29-12-8-23-63(69)64-24-9-13-30-70(64)76)44-15-17-48-86-51-41-58(42-52-86)84-72(88)66-26-5-3-20-60(66)55-35-37-56(38-36-55)77(78,79)80/h2-13,19-38,57-58H,14-18,39-52H2,1H3,(H,81,89)(H,82,90)(H,83,87)(H,84,88). The van der Waals surface area contributed by atoms with Gasteiger partial charge in [0.2, 0.25) is 11.8 Å². The molecule has 0 aromatic heterocycles. The molecule has 2 heterocycles. The van der Waals surface area contributed by atoms with Crippen LogP contribution in [0, 0.1) is 6.92 Å². The van der Waals surface area contributed by atoms with Crippen molar-refractivity contribution in [2.45, 2.75) is 107 Å². The van der Waals surface area contributed by atoms with Crippen molar-refractivity contribution in [3.8, 4) is 44.5 Å². The van der Waals surface area contributed by atoms with E-state index in [1.165, 1.54) is 17.7 Å². The molecule has 2 saturated heterocycles. The van der Waals surface area contributed by atoms with Gasteiger partial charge in [-0.3, -0.25) is 19.2 Å². The molecule has 12 rings (SSSR count). The minimum Gasteiger partial charge on any atom is -0.355 e. The maximum atomic E-state index is 15.1. The van der Waals surface area contributed by atoms with Gasteiger partial charge in [0.15, 0.2) is 0 Å². The first-order chi connectivity index (χ1) is 43.8. The van der Waals surface area contributed by atoms with Crippen LogP contribution in [0.15, 0.2) is 194 Å². The normalized spacial score (nSPS) is 16.1. The van der Waals surface area contributed by atoms with Gasteiger partial charge in [0.1, 0.15) is 10.8 Å². The Morgan fingerprint density at radius 3 is 1.12 bits per heavy atom. The number of halogens is 3. The number of carbonyl (C=O) groups is 4. The molecule has 8 aromatic carbocycles. The first-order valence-corrected chi connectivity index (χ1v) is 32.3. The molecule has 2 aliphatic carbocycles. The van der Waals surface area contributed by atoms with Crippen LogP contribution in [0.3, 0.4) is 0 Å². The minimum absolute atomic E-state index is 0.0172. The first kappa shape index (κ1) is 61.6. The number of hydrogen-bond acceptors (Lipinski definition) is 6. The van der Waals surface area contributed by atoms with E-state index in [1.54, 1.807) is 24.3 Å². The summed E-state index contributed by atoms with van der Waals surface area (Å²) < 4.78 is 39.9. The second-order valence-corrected chi connectivity index (χ2v) is 25.0. The van der Waals surface area contributed by atoms with E-state index in [-0.39, 0.29) is 35.7 Å². The van der Waals surface area contributed by atoms with Gasteiger partial charge >= 0.3 is 6.18 Å². The first-order valence-electron chi connectivity index (χ1n) is 32.3. The van der Waals surface area contributed by atoms with Crippen LogP contribution < -0.4 is 21.3 Å². The molecule has 13 heteroatoms. The van der Waals surface area contributed by atoms with E-state index in [1.807, 2.05) is 72.8 Å². The van der Waals surface area contributed by atoms with Crippen molar-refractivity contribution in [3.63, 3.8) is 0 Å². The third kappa shape index (κ3) is 12.8. The summed E-state index contributed by atoms with van der Waals surface area (Å²) in [6.07, 6.45) is 4.13. The van der Waals surface area contributed by atoms with Crippen LogP contribution >= 0.6 is 0 Å². The molecule has 4 amide bonds. The topological polar surface area (TPSA) is 123 Å². The number of nitrogens with zero attached hydrogens (tertiary/aromatic N) is 2. The van der Waals surface area contributed by atoms with Crippen molar-refractivity contribution < 1.29 is 32.3 Å². The number of benzene rings is 8. The monoisotopic (exact) mass is 1210 g/mol. The van der Waals surface area contributed by atoms with Crippen molar-refractivity contribution in [1.29, 1.82) is 0 Å². The summed E-state index contributed by atoms with van der Waals surface area (Å²) in [6, 6.07) is 61.4. The smallest absolute Gasteiger partial charge is 0.355 e. The highest BCUT2D eigenvalue weighted by atomic mass is 19.4. The van der Waals surface area contributed by atoms with Gasteiger partial charge in [0.05, 0.1) is 5.56 Å². The van der Waals surface area contributed by atoms with E-state index in [4.69, 9.17) is 0 Å². The number of unbranched alkanes of at least 4 members (excludes halogenated alkanes) is 2. The molecular formula is C77H79F3N6O4. The molecule has 2 fully saturated rings. The number of alkyl halides is 3. The van der Waals surface area contributed by atoms with Crippen molar-refractivity contribution in [1.82, 2.24) is 31.1 Å². The van der Waals surface area contributed by atoms with E-state index < -0.39 is 22.6 Å². The average molecular weight is 1210 g/mol. The number of amides is 4. The van der Waals surface area contributed by atoms with E-state index in [9.17, 15) is 22.8 Å². The highest BCUT2D eigenvalue weighted by Crippen LogP contribution is 2.53. The van der Waals surface area contributed by atoms with E-state index in [2.05, 4.69) is 111 Å². The molecule has 0 spiro atoms. The number of carbonyl (C=O) groups excluding carboxylic acids is 4. The predicted molar refractivity (Wildman–Crippen MR) is 351 cm³/mol. The molecule has 10 nitrogen and oxygen atoms in total. The number of rotatable bonds is 22. The van der Waals surface area contributed by atoms with Crippen LogP contribution in [0.25, 0.3) is 44.5 Å². The fourth-order valence-corrected chi connectivity index (χ4v) is 14.7. The molecule has 462 valence electrons. The highest BCUT2D eigenvalue weighted by Gasteiger charge is 2.50. The summed E-state index contributed by atoms with van der Waals surface area (Å²) in [5.41, 5.74) is 11.3. The van der Waals surface area contributed by atoms with Gasteiger partial charge in [0, 0.05) is 62.5 Å². The molecular weight excluding hydrogens is 1130 g/mol. The summed E-state index contributed by atoms with van der Waals surface area (Å²) in [5, 5.41) is 13.3. The van der Waals surface area contributed by atoms with Gasteiger partial charge in [-0.1, -0.05) is 188 Å². The number of aryl methyl sites for hydroxylation is 1. The van der Waals surface area contributed by atoms with Crippen LogP contribution in [0.1, 0.15) is 125 Å². The molecule has 90 heavy (non-hydrogen) atoms. The molecule has 0 saturated carbocycles. The molecule has 8 aromatic rings. The maximum Gasteiger partial charge on any atom is 0.416 e. The van der Waals surface area contributed by atoms with E-state index >= 15 is 9.59 Å². The summed E-state index contributed by atoms with van der Waals surface area (Å²) in [7, 11) is 0. The second-order valence-electron chi connectivity index (χ2n) is 25.0. The minimum atomic E-state index is -4.44. The Balaban J connectivity index is 0.639. The van der Waals surface area contributed by atoms with Gasteiger partial charge < -0.3 is 31.1 Å². The van der Waals surface area contributed by atoms with E-state index in [0.717, 1.165) is 158 Å². The number of hydrogen-bond donors (Lipinski definition) is 4. The Labute approximate surface area is 526 Å². The third-order valence-corrected chi connectivity index (χ3v) is 19.5. The van der Waals surface area contributed by atoms with Crippen molar-refractivity contribution in [2.24, 2.45) is 0 Å². The number of nitrogens with one attached hydrogen (secondary N) is 4. The molecule has 0 radical (unpaired) electrons.